The maximum Gasteiger partial charge on any atom is 0.347 e. The van der Waals surface area contributed by atoms with Crippen LogP contribution in [0, 0.1) is 17.0 Å². The Morgan fingerprint density at radius 3 is 2.44 bits per heavy atom. The van der Waals surface area contributed by atoms with Gasteiger partial charge in [-0.25, -0.2) is 9.78 Å². The summed E-state index contributed by atoms with van der Waals surface area (Å²) < 4.78 is 54.5. The Labute approximate surface area is 243 Å². The van der Waals surface area contributed by atoms with Crippen LogP contribution in [-0.4, -0.2) is 50.1 Å². The molecule has 0 radical (unpaired) electrons. The second kappa shape index (κ2) is 12.8. The number of benzene rings is 2. The lowest BCUT2D eigenvalue weighted by Crippen LogP contribution is -2.34. The number of halogens is 2. The monoisotopic (exact) mass is 596 g/mol. The van der Waals surface area contributed by atoms with Crippen LogP contribution in [0.2, 0.25) is 0 Å². The van der Waals surface area contributed by atoms with Crippen LogP contribution in [-0.2, 0) is 21.4 Å². The molecular weight excluding hydrogens is 570 g/mol. The number of ether oxygens (including phenoxy) is 4. The van der Waals surface area contributed by atoms with Crippen LogP contribution < -0.4 is 25.7 Å². The zero-order chi connectivity index (χ0) is 31.3. The van der Waals surface area contributed by atoms with E-state index in [1.165, 1.54) is 25.1 Å². The number of esters is 1. The highest BCUT2D eigenvalue weighted by atomic mass is 19.1. The molecule has 0 bridgehead atoms. The number of nitrogen functional groups attached to an aromatic ring is 1. The molecule has 0 aliphatic carbocycles. The number of aryl methyl sites for hydroxylation is 1. The number of nitrogens with zero attached hydrogens (tertiary/aromatic N) is 3. The summed E-state index contributed by atoms with van der Waals surface area (Å²) >= 11 is 0. The quantitative estimate of drug-likeness (QED) is 0.107. The summed E-state index contributed by atoms with van der Waals surface area (Å²) in [7, 11) is 1.77. The topological polar surface area (TPSA) is 198 Å². The molecule has 43 heavy (non-hydrogen) atoms. The SMILES string of the molecule is CCOC(=O)C(CC(N)=O)Oc1c(F)c(Oc2cccc(-c3nccn3C)c2)nc(Oc2cc(C(=N)N)ccc2O)c1F. The summed E-state index contributed by atoms with van der Waals surface area (Å²) in [4.78, 5) is 32.1. The van der Waals surface area contributed by atoms with Crippen molar-refractivity contribution in [2.45, 2.75) is 19.4 Å². The average Bonchev–Trinajstić information content (AvgIpc) is 3.39. The molecule has 2 heterocycles. The Bertz CT molecular complexity index is 1690. The number of nitrogens with two attached hydrogens (primary N) is 2. The molecule has 0 saturated heterocycles. The Morgan fingerprint density at radius 1 is 1.09 bits per heavy atom. The Hall–Kier alpha value is -5.73. The standard InChI is InChI=1S/C28H26F2N6O7/c1-3-40-28(39)19(13-20(31)38)42-23-21(29)26(41-16-6-4-5-15(11-16)25-34-9-10-36(25)2)35-27(22(23)30)43-18-12-14(24(32)33)7-8-17(18)37/h4-12,19,37H,3,13H2,1-2H3,(H2,31,38)(H3,32,33). The van der Waals surface area contributed by atoms with Crippen LogP contribution in [0.5, 0.6) is 34.8 Å². The van der Waals surface area contributed by atoms with E-state index in [1.807, 2.05) is 0 Å². The first kappa shape index (κ1) is 30.2. The van der Waals surface area contributed by atoms with Crippen molar-refractivity contribution in [1.29, 1.82) is 5.41 Å². The molecule has 15 heteroatoms. The normalized spacial score (nSPS) is 11.4. The third kappa shape index (κ3) is 6.95. The number of phenolic OH excluding ortho intramolecular Hbond substituents is 1. The fourth-order valence-electron chi connectivity index (χ4n) is 3.77. The van der Waals surface area contributed by atoms with Gasteiger partial charge in [-0.15, -0.1) is 0 Å². The van der Waals surface area contributed by atoms with E-state index in [0.29, 0.717) is 11.4 Å². The first-order valence-corrected chi connectivity index (χ1v) is 12.6. The van der Waals surface area contributed by atoms with E-state index in [9.17, 15) is 14.7 Å². The number of pyridine rings is 1. The van der Waals surface area contributed by atoms with Gasteiger partial charge in [-0.3, -0.25) is 10.2 Å². The first-order valence-electron chi connectivity index (χ1n) is 12.6. The number of amidine groups is 1. The highest BCUT2D eigenvalue weighted by molar-refractivity contribution is 5.95. The van der Waals surface area contributed by atoms with Gasteiger partial charge < -0.3 is 40.1 Å². The molecule has 6 N–H and O–H groups in total. The number of hydrogen-bond donors (Lipinski definition) is 4. The number of nitrogens with one attached hydrogen (secondary N) is 1. The molecule has 1 atom stereocenters. The third-order valence-corrected chi connectivity index (χ3v) is 5.78. The van der Waals surface area contributed by atoms with E-state index in [-0.39, 0.29) is 23.8 Å². The average molecular weight is 597 g/mol. The van der Waals surface area contributed by atoms with E-state index in [1.54, 1.807) is 36.1 Å². The van der Waals surface area contributed by atoms with Crippen LogP contribution in [0.15, 0.2) is 54.9 Å². The van der Waals surface area contributed by atoms with Crippen molar-refractivity contribution in [1.82, 2.24) is 14.5 Å². The van der Waals surface area contributed by atoms with Crippen molar-refractivity contribution in [3.8, 4) is 46.1 Å². The molecule has 1 amide bonds. The highest BCUT2D eigenvalue weighted by Crippen LogP contribution is 2.40. The van der Waals surface area contributed by atoms with Crippen molar-refractivity contribution >= 4 is 17.7 Å². The number of primary amides is 1. The van der Waals surface area contributed by atoms with E-state index >= 15 is 8.78 Å². The zero-order valence-electron chi connectivity index (χ0n) is 22.8. The minimum Gasteiger partial charge on any atom is -0.504 e. The molecule has 0 aliphatic heterocycles. The van der Waals surface area contributed by atoms with Gasteiger partial charge in [-0.05, 0) is 37.3 Å². The number of hydrogen-bond acceptors (Lipinski definition) is 10. The number of carbonyl (C=O) groups is 2. The summed E-state index contributed by atoms with van der Waals surface area (Å²) in [5, 5.41) is 17.9. The van der Waals surface area contributed by atoms with Crippen LogP contribution in [0.1, 0.15) is 18.9 Å². The van der Waals surface area contributed by atoms with Crippen LogP contribution >= 0.6 is 0 Å². The van der Waals surface area contributed by atoms with Crippen LogP contribution in [0.3, 0.4) is 0 Å². The first-order chi connectivity index (χ1) is 20.5. The van der Waals surface area contributed by atoms with Gasteiger partial charge in [0.1, 0.15) is 17.4 Å². The molecule has 0 aliphatic rings. The van der Waals surface area contributed by atoms with Crippen molar-refractivity contribution < 1.29 is 42.4 Å². The van der Waals surface area contributed by atoms with Gasteiger partial charge in [0.2, 0.25) is 29.4 Å². The predicted molar refractivity (Wildman–Crippen MR) is 147 cm³/mol. The minimum absolute atomic E-state index is 0.0518. The largest absolute Gasteiger partial charge is 0.504 e. The second-order valence-electron chi connectivity index (χ2n) is 8.90. The summed E-state index contributed by atoms with van der Waals surface area (Å²) in [6.45, 7) is 1.35. The van der Waals surface area contributed by atoms with Crippen molar-refractivity contribution in [3.05, 3.63) is 72.1 Å². The Balaban J connectivity index is 1.82. The van der Waals surface area contributed by atoms with Crippen molar-refractivity contribution in [2.75, 3.05) is 6.61 Å². The molecule has 1 unspecified atom stereocenters. The second-order valence-corrected chi connectivity index (χ2v) is 8.90. The summed E-state index contributed by atoms with van der Waals surface area (Å²) in [5.41, 5.74) is 11.4. The molecule has 0 fully saturated rings. The summed E-state index contributed by atoms with van der Waals surface area (Å²) in [6, 6.07) is 9.88. The molecule has 224 valence electrons. The maximum atomic E-state index is 15.8. The molecule has 2 aromatic carbocycles. The predicted octanol–water partition coefficient (Wildman–Crippen LogP) is 3.52. The highest BCUT2D eigenvalue weighted by Gasteiger charge is 2.32. The van der Waals surface area contributed by atoms with Crippen LogP contribution in [0.4, 0.5) is 8.78 Å². The lowest BCUT2D eigenvalue weighted by atomic mass is 10.2. The summed E-state index contributed by atoms with van der Waals surface area (Å²) in [6.07, 6.45) is 0.685. The van der Waals surface area contributed by atoms with Gasteiger partial charge in [0.15, 0.2) is 11.5 Å². The van der Waals surface area contributed by atoms with Gasteiger partial charge in [0.05, 0.1) is 13.0 Å². The zero-order valence-corrected chi connectivity index (χ0v) is 22.8. The van der Waals surface area contributed by atoms with Crippen molar-refractivity contribution in [3.63, 3.8) is 0 Å². The molecule has 0 saturated carbocycles. The van der Waals surface area contributed by atoms with Crippen molar-refractivity contribution in [2.24, 2.45) is 18.5 Å². The number of imidazole rings is 1. The molecule has 13 nitrogen and oxygen atoms in total. The van der Waals surface area contributed by atoms with E-state index in [2.05, 4.69) is 9.97 Å². The number of phenols is 1. The number of amides is 1. The maximum absolute atomic E-state index is 15.8. The summed E-state index contributed by atoms with van der Waals surface area (Å²) in [5.74, 6) is -8.87. The van der Waals surface area contributed by atoms with E-state index in [0.717, 1.165) is 12.1 Å². The van der Waals surface area contributed by atoms with Gasteiger partial charge in [-0.1, -0.05) is 12.1 Å². The molecule has 4 aromatic rings. The van der Waals surface area contributed by atoms with Gasteiger partial charge in [0, 0.05) is 30.6 Å². The number of rotatable bonds is 12. The number of carbonyl (C=O) groups excluding carboxylic acids is 2. The fourth-order valence-corrected chi connectivity index (χ4v) is 3.77. The molecular formula is C28H26F2N6O7. The van der Waals surface area contributed by atoms with E-state index < -0.39 is 65.0 Å². The third-order valence-electron chi connectivity index (χ3n) is 5.78. The fraction of sp³-hybridized carbons (Fsp3) is 0.179. The molecule has 0 spiro atoms. The lowest BCUT2D eigenvalue weighted by Gasteiger charge is -2.19. The lowest BCUT2D eigenvalue weighted by molar-refractivity contribution is -0.153. The molecule has 2 aromatic heterocycles. The van der Waals surface area contributed by atoms with Gasteiger partial charge in [-0.2, -0.15) is 13.8 Å². The van der Waals surface area contributed by atoms with Crippen LogP contribution in [0.25, 0.3) is 11.4 Å². The van der Waals surface area contributed by atoms with Gasteiger partial charge >= 0.3 is 5.97 Å². The number of aromatic nitrogens is 3. The minimum atomic E-state index is -1.84. The van der Waals surface area contributed by atoms with Gasteiger partial charge in [0.25, 0.3) is 11.8 Å². The molecule has 4 rings (SSSR count). The Kier molecular flexibility index (Phi) is 9.03. The Morgan fingerprint density at radius 2 is 1.81 bits per heavy atom. The van der Waals surface area contributed by atoms with E-state index in [4.69, 9.17) is 35.8 Å². The smallest absolute Gasteiger partial charge is 0.347 e. The number of aromatic hydroxyl groups is 1.